The van der Waals surface area contributed by atoms with Crippen molar-refractivity contribution in [1.29, 1.82) is 5.26 Å². The first-order chi connectivity index (χ1) is 12.0. The molecule has 3 rings (SSSR count). The minimum absolute atomic E-state index is 0.0825. The number of hydrogen-bond acceptors (Lipinski definition) is 7. The van der Waals surface area contributed by atoms with E-state index >= 15 is 0 Å². The predicted molar refractivity (Wildman–Crippen MR) is 93.7 cm³/mol. The summed E-state index contributed by atoms with van der Waals surface area (Å²) in [6, 6.07) is 7.31. The van der Waals surface area contributed by atoms with Gasteiger partial charge in [-0.1, -0.05) is 0 Å². The molecule has 0 amide bonds. The van der Waals surface area contributed by atoms with Gasteiger partial charge in [0.05, 0.1) is 16.8 Å². The summed E-state index contributed by atoms with van der Waals surface area (Å²) in [6.07, 6.45) is 1.69. The first-order valence-corrected chi connectivity index (χ1v) is 7.98. The molecule has 1 aliphatic rings. The van der Waals surface area contributed by atoms with Gasteiger partial charge in [0.25, 0.3) is 0 Å². The van der Waals surface area contributed by atoms with E-state index in [2.05, 4.69) is 14.9 Å². The highest BCUT2D eigenvalue weighted by Crippen LogP contribution is 2.31. The molecule has 0 radical (unpaired) electrons. The molecule has 0 saturated carbocycles. The predicted octanol–water partition coefficient (Wildman–Crippen LogP) is 2.20. The van der Waals surface area contributed by atoms with Crippen LogP contribution in [0.4, 0.5) is 17.2 Å². The number of pyridine rings is 2. The second-order valence-electron chi connectivity index (χ2n) is 6.00. The molecule has 8 nitrogen and oxygen atoms in total. The van der Waals surface area contributed by atoms with Gasteiger partial charge in [0, 0.05) is 37.4 Å². The molecule has 0 unspecified atom stereocenters. The van der Waals surface area contributed by atoms with Crippen molar-refractivity contribution in [1.82, 2.24) is 9.97 Å². The number of hydrogen-bond donors (Lipinski definition) is 0. The number of nitrogens with zero attached hydrogens (tertiary/aromatic N) is 6. The number of rotatable bonds is 3. The molecule has 128 valence electrons. The van der Waals surface area contributed by atoms with Crippen molar-refractivity contribution in [2.24, 2.45) is 0 Å². The van der Waals surface area contributed by atoms with Crippen molar-refractivity contribution in [3.05, 3.63) is 51.5 Å². The van der Waals surface area contributed by atoms with Gasteiger partial charge >= 0.3 is 5.69 Å². The maximum absolute atomic E-state index is 11.4. The quantitative estimate of drug-likeness (QED) is 0.625. The van der Waals surface area contributed by atoms with E-state index in [-0.39, 0.29) is 10.6 Å². The highest BCUT2D eigenvalue weighted by atomic mass is 16.6. The monoisotopic (exact) mass is 338 g/mol. The maximum Gasteiger partial charge on any atom is 0.314 e. The van der Waals surface area contributed by atoms with Gasteiger partial charge in [-0.2, -0.15) is 5.26 Å². The maximum atomic E-state index is 11.4. The summed E-state index contributed by atoms with van der Waals surface area (Å²) in [4.78, 5) is 23.7. The van der Waals surface area contributed by atoms with Crippen LogP contribution in [0.5, 0.6) is 0 Å². The van der Waals surface area contributed by atoms with Crippen molar-refractivity contribution < 1.29 is 4.92 Å². The molecule has 1 fully saturated rings. The molecule has 0 spiro atoms. The summed E-state index contributed by atoms with van der Waals surface area (Å²) in [5.41, 5.74) is 2.82. The van der Waals surface area contributed by atoms with Crippen LogP contribution in [-0.4, -0.2) is 41.1 Å². The third-order valence-corrected chi connectivity index (χ3v) is 4.28. The number of aryl methyl sites for hydroxylation is 2. The summed E-state index contributed by atoms with van der Waals surface area (Å²) in [5, 5.41) is 20.3. The normalized spacial score (nSPS) is 14.3. The number of nitriles is 1. The van der Waals surface area contributed by atoms with Crippen LogP contribution in [-0.2, 0) is 0 Å². The molecule has 2 aromatic heterocycles. The summed E-state index contributed by atoms with van der Waals surface area (Å²) in [6.45, 7) is 6.28. The van der Waals surface area contributed by atoms with E-state index in [0.29, 0.717) is 43.3 Å². The molecule has 25 heavy (non-hydrogen) atoms. The Morgan fingerprint density at radius 3 is 2.44 bits per heavy atom. The molecule has 0 aliphatic carbocycles. The van der Waals surface area contributed by atoms with E-state index in [9.17, 15) is 10.1 Å². The minimum Gasteiger partial charge on any atom is -0.367 e. The Kier molecular flexibility index (Phi) is 4.48. The SMILES string of the molecule is Cc1cc(C)c([N+](=O)[O-])c(N2CCN(c3ccc(C#N)nc3)CC2)n1. The standard InChI is InChI=1S/C17H18N6O2/c1-12-9-13(2)20-17(16(12)23(24)25)22-7-5-21(6-8-22)15-4-3-14(10-18)19-11-15/h3-4,9,11H,5-8H2,1-2H3. The summed E-state index contributed by atoms with van der Waals surface area (Å²) in [7, 11) is 0. The number of piperazine rings is 1. The fourth-order valence-corrected chi connectivity index (χ4v) is 3.07. The van der Waals surface area contributed by atoms with Crippen LogP contribution in [0.3, 0.4) is 0 Å². The molecular weight excluding hydrogens is 320 g/mol. The first kappa shape index (κ1) is 16.6. The zero-order valence-corrected chi connectivity index (χ0v) is 14.1. The largest absolute Gasteiger partial charge is 0.367 e. The molecule has 1 aliphatic heterocycles. The minimum atomic E-state index is -0.353. The highest BCUT2D eigenvalue weighted by molar-refractivity contribution is 5.63. The fourth-order valence-electron chi connectivity index (χ4n) is 3.07. The van der Waals surface area contributed by atoms with Crippen molar-refractivity contribution in [3.8, 4) is 6.07 Å². The Morgan fingerprint density at radius 2 is 1.88 bits per heavy atom. The molecule has 0 aromatic carbocycles. The Labute approximate surface area is 145 Å². The highest BCUT2D eigenvalue weighted by Gasteiger charge is 2.27. The van der Waals surface area contributed by atoms with Crippen molar-refractivity contribution in [2.75, 3.05) is 36.0 Å². The van der Waals surface area contributed by atoms with Crippen LogP contribution in [0, 0.1) is 35.3 Å². The Morgan fingerprint density at radius 1 is 1.20 bits per heavy atom. The number of nitro groups is 1. The van der Waals surface area contributed by atoms with Gasteiger partial charge < -0.3 is 9.80 Å². The molecular formula is C17H18N6O2. The van der Waals surface area contributed by atoms with Gasteiger partial charge in [-0.3, -0.25) is 10.1 Å². The third kappa shape index (κ3) is 3.35. The van der Waals surface area contributed by atoms with E-state index in [1.165, 1.54) is 0 Å². The summed E-state index contributed by atoms with van der Waals surface area (Å²) in [5.74, 6) is 0.445. The lowest BCUT2D eigenvalue weighted by molar-refractivity contribution is -0.384. The van der Waals surface area contributed by atoms with Crippen molar-refractivity contribution in [3.63, 3.8) is 0 Å². The molecule has 0 N–H and O–H groups in total. The smallest absolute Gasteiger partial charge is 0.314 e. The van der Waals surface area contributed by atoms with Crippen LogP contribution in [0.2, 0.25) is 0 Å². The van der Waals surface area contributed by atoms with Crippen molar-refractivity contribution >= 4 is 17.2 Å². The average molecular weight is 338 g/mol. The fraction of sp³-hybridized carbons (Fsp3) is 0.353. The molecule has 1 saturated heterocycles. The lowest BCUT2D eigenvalue weighted by Gasteiger charge is -2.36. The van der Waals surface area contributed by atoms with Gasteiger partial charge in [-0.25, -0.2) is 9.97 Å². The van der Waals surface area contributed by atoms with Crippen LogP contribution < -0.4 is 9.80 Å². The lowest BCUT2D eigenvalue weighted by Crippen LogP contribution is -2.47. The van der Waals surface area contributed by atoms with Gasteiger partial charge in [0.1, 0.15) is 11.8 Å². The second kappa shape index (κ2) is 6.73. The van der Waals surface area contributed by atoms with Crippen LogP contribution in [0.1, 0.15) is 17.0 Å². The summed E-state index contributed by atoms with van der Waals surface area (Å²) >= 11 is 0. The van der Waals surface area contributed by atoms with Crippen LogP contribution in [0.25, 0.3) is 0 Å². The molecule has 0 bridgehead atoms. The Hall–Kier alpha value is -3.21. The topological polar surface area (TPSA) is 99.2 Å². The molecule has 2 aromatic rings. The first-order valence-electron chi connectivity index (χ1n) is 7.98. The third-order valence-electron chi connectivity index (χ3n) is 4.28. The van der Waals surface area contributed by atoms with E-state index in [4.69, 9.17) is 5.26 Å². The van der Waals surface area contributed by atoms with Gasteiger partial charge in [-0.05, 0) is 32.0 Å². The van der Waals surface area contributed by atoms with E-state index in [1.54, 1.807) is 25.3 Å². The van der Waals surface area contributed by atoms with Crippen LogP contribution >= 0.6 is 0 Å². The Bertz CT molecular complexity index is 835. The van der Waals surface area contributed by atoms with E-state index < -0.39 is 0 Å². The number of aromatic nitrogens is 2. The number of anilines is 2. The van der Waals surface area contributed by atoms with Gasteiger partial charge in [0.15, 0.2) is 0 Å². The zero-order chi connectivity index (χ0) is 18.0. The van der Waals surface area contributed by atoms with Crippen molar-refractivity contribution in [2.45, 2.75) is 13.8 Å². The van der Waals surface area contributed by atoms with Gasteiger partial charge in [0.2, 0.25) is 5.82 Å². The van der Waals surface area contributed by atoms with E-state index in [0.717, 1.165) is 11.4 Å². The lowest BCUT2D eigenvalue weighted by atomic mass is 10.2. The Balaban J connectivity index is 1.78. The zero-order valence-electron chi connectivity index (χ0n) is 14.1. The van der Waals surface area contributed by atoms with E-state index in [1.807, 2.05) is 24.0 Å². The summed E-state index contributed by atoms with van der Waals surface area (Å²) < 4.78 is 0. The van der Waals surface area contributed by atoms with Crippen LogP contribution in [0.15, 0.2) is 24.4 Å². The molecule has 0 atom stereocenters. The molecule has 8 heteroatoms. The van der Waals surface area contributed by atoms with Gasteiger partial charge in [-0.15, -0.1) is 0 Å². The molecule has 3 heterocycles. The second-order valence-corrected chi connectivity index (χ2v) is 6.00. The average Bonchev–Trinajstić information content (AvgIpc) is 2.61.